The van der Waals surface area contributed by atoms with Crippen molar-refractivity contribution in [1.82, 2.24) is 0 Å². The number of carbonyl (C=O) groups excluding carboxylic acids is 1. The van der Waals surface area contributed by atoms with Crippen molar-refractivity contribution in [3.05, 3.63) is 66.2 Å². The van der Waals surface area contributed by atoms with E-state index in [-0.39, 0.29) is 10.6 Å². The van der Waals surface area contributed by atoms with Crippen LogP contribution in [-0.4, -0.2) is 10.6 Å². The normalized spacial score (nSPS) is 11.8. The Balaban J connectivity index is 1.74. The second-order valence-electron chi connectivity index (χ2n) is 4.46. The van der Waals surface area contributed by atoms with Gasteiger partial charge >= 0.3 is 0 Å². The van der Waals surface area contributed by atoms with E-state index in [0.717, 1.165) is 30.3 Å². The lowest BCUT2D eigenvalue weighted by Crippen LogP contribution is -2.21. The zero-order valence-corrected chi connectivity index (χ0v) is 12.0. The van der Waals surface area contributed by atoms with Gasteiger partial charge in [0.05, 0.1) is 5.37 Å². The fraction of sp³-hybridized carbons (Fsp3) is 0.188. The highest BCUT2D eigenvalue weighted by molar-refractivity contribution is 8.14. The van der Waals surface area contributed by atoms with Gasteiger partial charge < -0.3 is 11.1 Å². The van der Waals surface area contributed by atoms with Crippen LogP contribution in [0.5, 0.6) is 0 Å². The molecule has 0 fully saturated rings. The number of anilines is 1. The molecule has 4 heteroatoms. The number of aryl methyl sites for hydroxylation is 1. The molecule has 3 N–H and O–H groups in total. The van der Waals surface area contributed by atoms with Crippen molar-refractivity contribution < 1.29 is 4.79 Å². The predicted octanol–water partition coefficient (Wildman–Crippen LogP) is 3.87. The summed E-state index contributed by atoms with van der Waals surface area (Å²) < 4.78 is 0. The number of hydrogen-bond donors (Lipinski definition) is 2. The summed E-state index contributed by atoms with van der Waals surface area (Å²) in [6, 6.07) is 19.5. The Bertz CT molecular complexity index is 531. The average molecular weight is 286 g/mol. The summed E-state index contributed by atoms with van der Waals surface area (Å²) in [6.07, 6.45) is 1.66. The smallest absolute Gasteiger partial charge is 0.284 e. The van der Waals surface area contributed by atoms with Crippen molar-refractivity contribution in [2.45, 2.75) is 18.2 Å². The lowest BCUT2D eigenvalue weighted by molar-refractivity contribution is 0.269. The Hall–Kier alpha value is -1.78. The number of amides is 1. The maximum atomic E-state index is 11.8. The topological polar surface area (TPSA) is 55.1 Å². The Morgan fingerprint density at radius 3 is 2.30 bits per heavy atom. The van der Waals surface area contributed by atoms with E-state index in [0.29, 0.717) is 0 Å². The molecule has 1 amide bonds. The van der Waals surface area contributed by atoms with E-state index in [1.165, 1.54) is 5.56 Å². The quantitative estimate of drug-likeness (QED) is 0.820. The zero-order valence-electron chi connectivity index (χ0n) is 11.2. The molecule has 0 radical (unpaired) electrons. The first-order chi connectivity index (χ1) is 9.74. The fourth-order valence-electron chi connectivity index (χ4n) is 1.82. The van der Waals surface area contributed by atoms with Crippen LogP contribution in [0.1, 0.15) is 12.0 Å². The van der Waals surface area contributed by atoms with Crippen LogP contribution in [0.15, 0.2) is 60.7 Å². The highest BCUT2D eigenvalue weighted by atomic mass is 32.2. The summed E-state index contributed by atoms with van der Waals surface area (Å²) in [5, 5.41) is 2.51. The molecule has 1 unspecified atom stereocenters. The SMILES string of the molecule is NC(CCc1ccccc1)SC(=O)Nc1ccccc1. The van der Waals surface area contributed by atoms with Crippen LogP contribution in [-0.2, 0) is 6.42 Å². The summed E-state index contributed by atoms with van der Waals surface area (Å²) >= 11 is 1.14. The van der Waals surface area contributed by atoms with Gasteiger partial charge in [-0.05, 0) is 42.3 Å². The van der Waals surface area contributed by atoms with Crippen LogP contribution in [0.3, 0.4) is 0 Å². The van der Waals surface area contributed by atoms with Gasteiger partial charge in [-0.15, -0.1) is 0 Å². The van der Waals surface area contributed by atoms with Crippen LogP contribution in [0, 0.1) is 0 Å². The Morgan fingerprint density at radius 2 is 1.65 bits per heavy atom. The number of para-hydroxylation sites is 1. The van der Waals surface area contributed by atoms with Gasteiger partial charge in [-0.2, -0.15) is 0 Å². The maximum Gasteiger partial charge on any atom is 0.284 e. The summed E-state index contributed by atoms with van der Waals surface area (Å²) in [4.78, 5) is 11.8. The third kappa shape index (κ3) is 5.07. The van der Waals surface area contributed by atoms with E-state index in [9.17, 15) is 4.79 Å². The Morgan fingerprint density at radius 1 is 1.05 bits per heavy atom. The highest BCUT2D eigenvalue weighted by Gasteiger charge is 2.10. The molecule has 20 heavy (non-hydrogen) atoms. The molecule has 0 saturated carbocycles. The Kier molecular flexibility index (Phi) is 5.65. The standard InChI is InChI=1S/C16H18N2OS/c17-15(12-11-13-7-3-1-4-8-13)20-16(19)18-14-9-5-2-6-10-14/h1-10,15H,11-12,17H2,(H,18,19). The number of hydrogen-bond acceptors (Lipinski definition) is 3. The third-order valence-electron chi connectivity index (χ3n) is 2.84. The molecule has 2 rings (SSSR count). The van der Waals surface area contributed by atoms with E-state index >= 15 is 0 Å². The summed E-state index contributed by atoms with van der Waals surface area (Å²) in [5.74, 6) is 0. The predicted molar refractivity (Wildman–Crippen MR) is 85.8 cm³/mol. The minimum Gasteiger partial charge on any atom is -0.319 e. The molecular weight excluding hydrogens is 268 g/mol. The summed E-state index contributed by atoms with van der Waals surface area (Å²) in [6.45, 7) is 0. The molecule has 0 saturated heterocycles. The van der Waals surface area contributed by atoms with Crippen molar-refractivity contribution >= 4 is 22.7 Å². The lowest BCUT2D eigenvalue weighted by Gasteiger charge is -2.11. The minimum absolute atomic E-state index is 0.114. The van der Waals surface area contributed by atoms with E-state index in [4.69, 9.17) is 5.73 Å². The maximum absolute atomic E-state index is 11.8. The number of nitrogens with one attached hydrogen (secondary N) is 1. The monoisotopic (exact) mass is 286 g/mol. The summed E-state index contributed by atoms with van der Waals surface area (Å²) in [5.41, 5.74) is 8.01. The molecule has 2 aromatic rings. The largest absolute Gasteiger partial charge is 0.319 e. The van der Waals surface area contributed by atoms with E-state index in [1.54, 1.807) is 0 Å². The van der Waals surface area contributed by atoms with Gasteiger partial charge in [-0.25, -0.2) is 0 Å². The molecule has 2 aromatic carbocycles. The van der Waals surface area contributed by atoms with Crippen LogP contribution >= 0.6 is 11.8 Å². The van der Waals surface area contributed by atoms with E-state index in [2.05, 4.69) is 17.4 Å². The minimum atomic E-state index is -0.195. The zero-order chi connectivity index (χ0) is 14.2. The molecule has 0 heterocycles. The molecule has 0 aliphatic heterocycles. The van der Waals surface area contributed by atoms with Gasteiger partial charge in [0.2, 0.25) is 0 Å². The van der Waals surface area contributed by atoms with Crippen molar-refractivity contribution in [2.75, 3.05) is 5.32 Å². The van der Waals surface area contributed by atoms with Gasteiger partial charge in [-0.3, -0.25) is 4.79 Å². The van der Waals surface area contributed by atoms with Crippen molar-refractivity contribution in [2.24, 2.45) is 5.73 Å². The van der Waals surface area contributed by atoms with E-state index in [1.807, 2.05) is 48.5 Å². The number of rotatable bonds is 5. The molecule has 3 nitrogen and oxygen atoms in total. The molecule has 0 aromatic heterocycles. The van der Waals surface area contributed by atoms with Gasteiger partial charge in [0.15, 0.2) is 0 Å². The molecule has 0 aliphatic carbocycles. The lowest BCUT2D eigenvalue weighted by atomic mass is 10.1. The van der Waals surface area contributed by atoms with Gasteiger partial charge in [0, 0.05) is 5.69 Å². The van der Waals surface area contributed by atoms with Gasteiger partial charge in [0.1, 0.15) is 0 Å². The molecule has 0 bridgehead atoms. The molecular formula is C16H18N2OS. The number of nitrogens with two attached hydrogens (primary N) is 1. The van der Waals surface area contributed by atoms with Crippen molar-refractivity contribution in [3.63, 3.8) is 0 Å². The Labute approximate surface area is 123 Å². The molecule has 1 atom stereocenters. The molecule has 0 spiro atoms. The first kappa shape index (κ1) is 14.6. The highest BCUT2D eigenvalue weighted by Crippen LogP contribution is 2.16. The number of thioether (sulfide) groups is 1. The fourth-order valence-corrected chi connectivity index (χ4v) is 2.51. The first-order valence-electron chi connectivity index (χ1n) is 6.56. The third-order valence-corrected chi connectivity index (χ3v) is 3.69. The second-order valence-corrected chi connectivity index (χ2v) is 5.67. The van der Waals surface area contributed by atoms with Crippen molar-refractivity contribution in [1.29, 1.82) is 0 Å². The second kappa shape index (κ2) is 7.72. The van der Waals surface area contributed by atoms with Crippen LogP contribution < -0.4 is 11.1 Å². The van der Waals surface area contributed by atoms with Gasteiger partial charge in [-0.1, -0.05) is 48.5 Å². The summed E-state index contributed by atoms with van der Waals surface area (Å²) in [7, 11) is 0. The van der Waals surface area contributed by atoms with Gasteiger partial charge in [0.25, 0.3) is 5.24 Å². The number of benzene rings is 2. The van der Waals surface area contributed by atoms with Crippen molar-refractivity contribution in [3.8, 4) is 0 Å². The molecule has 0 aliphatic rings. The van der Waals surface area contributed by atoms with Crippen LogP contribution in [0.25, 0.3) is 0 Å². The first-order valence-corrected chi connectivity index (χ1v) is 7.44. The van der Waals surface area contributed by atoms with Crippen LogP contribution in [0.4, 0.5) is 10.5 Å². The molecule has 104 valence electrons. The average Bonchev–Trinajstić information content (AvgIpc) is 2.47. The van der Waals surface area contributed by atoms with Crippen LogP contribution in [0.2, 0.25) is 0 Å². The van der Waals surface area contributed by atoms with E-state index < -0.39 is 0 Å². The number of carbonyl (C=O) groups is 1.